The van der Waals surface area contributed by atoms with Gasteiger partial charge in [-0.15, -0.1) is 0 Å². The number of hydrogen-bond acceptors (Lipinski definition) is 5. The van der Waals surface area contributed by atoms with Crippen molar-refractivity contribution < 1.29 is 4.74 Å². The summed E-state index contributed by atoms with van der Waals surface area (Å²) in [6.07, 6.45) is 1.63. The molecule has 1 rings (SSSR count). The Morgan fingerprint density at radius 3 is 2.88 bits per heavy atom. The van der Waals surface area contributed by atoms with E-state index >= 15 is 0 Å². The Hall–Kier alpha value is -1.40. The first-order valence-corrected chi connectivity index (χ1v) is 5.65. The van der Waals surface area contributed by atoms with Crippen molar-refractivity contribution in [1.82, 2.24) is 15.1 Å². The van der Waals surface area contributed by atoms with E-state index in [1.807, 2.05) is 14.0 Å². The molecule has 2 N–H and O–H groups in total. The van der Waals surface area contributed by atoms with Crippen LogP contribution in [0.3, 0.4) is 0 Å². The second-order valence-corrected chi connectivity index (χ2v) is 3.84. The Morgan fingerprint density at radius 1 is 1.53 bits per heavy atom. The van der Waals surface area contributed by atoms with Gasteiger partial charge >= 0.3 is 0 Å². The predicted molar refractivity (Wildman–Crippen MR) is 67.4 cm³/mol. The molecule has 96 valence electrons. The SMILES string of the molecule is CNCCNc1cnn(CC(C)OC)c(=O)c1. The number of nitrogens with one attached hydrogen (secondary N) is 2. The number of likely N-dealkylation sites (N-methyl/N-ethyl adjacent to an activating group) is 1. The number of anilines is 1. The molecule has 1 atom stereocenters. The quantitative estimate of drug-likeness (QED) is 0.652. The number of aromatic nitrogens is 2. The first-order chi connectivity index (χ1) is 8.17. The maximum atomic E-state index is 11.7. The van der Waals surface area contributed by atoms with Gasteiger partial charge in [-0.3, -0.25) is 4.79 Å². The third-order valence-corrected chi connectivity index (χ3v) is 2.41. The minimum absolute atomic E-state index is 0.0247. The lowest BCUT2D eigenvalue weighted by atomic mass is 10.4. The van der Waals surface area contributed by atoms with Crippen molar-refractivity contribution >= 4 is 5.69 Å². The number of nitrogens with zero attached hydrogens (tertiary/aromatic N) is 2. The highest BCUT2D eigenvalue weighted by atomic mass is 16.5. The molecule has 1 aromatic rings. The summed E-state index contributed by atoms with van der Waals surface area (Å²) >= 11 is 0. The predicted octanol–water partition coefficient (Wildman–Crippen LogP) is -0.0905. The van der Waals surface area contributed by atoms with Crippen LogP contribution in [-0.4, -0.2) is 43.1 Å². The summed E-state index contributed by atoms with van der Waals surface area (Å²) in [7, 11) is 3.49. The Balaban J connectivity index is 2.63. The van der Waals surface area contributed by atoms with E-state index in [2.05, 4.69) is 15.7 Å². The van der Waals surface area contributed by atoms with E-state index < -0.39 is 0 Å². The molecule has 1 unspecified atom stereocenters. The van der Waals surface area contributed by atoms with Gasteiger partial charge in [0, 0.05) is 26.3 Å². The monoisotopic (exact) mass is 240 g/mol. The van der Waals surface area contributed by atoms with Crippen LogP contribution in [0.2, 0.25) is 0 Å². The van der Waals surface area contributed by atoms with Gasteiger partial charge in [0.05, 0.1) is 24.5 Å². The first kappa shape index (κ1) is 13.7. The Morgan fingerprint density at radius 2 is 2.29 bits per heavy atom. The molecule has 0 aromatic carbocycles. The Bertz CT molecular complexity index is 391. The molecule has 6 nitrogen and oxygen atoms in total. The summed E-state index contributed by atoms with van der Waals surface area (Å²) in [5, 5.41) is 10.2. The van der Waals surface area contributed by atoms with Crippen LogP contribution in [-0.2, 0) is 11.3 Å². The van der Waals surface area contributed by atoms with Gasteiger partial charge in [-0.2, -0.15) is 5.10 Å². The van der Waals surface area contributed by atoms with Crippen molar-refractivity contribution in [3.8, 4) is 0 Å². The fourth-order valence-corrected chi connectivity index (χ4v) is 1.32. The molecule has 17 heavy (non-hydrogen) atoms. The molecular weight excluding hydrogens is 220 g/mol. The van der Waals surface area contributed by atoms with Crippen LogP contribution in [0.1, 0.15) is 6.92 Å². The van der Waals surface area contributed by atoms with E-state index in [0.717, 1.165) is 18.8 Å². The van der Waals surface area contributed by atoms with Crippen molar-refractivity contribution in [2.24, 2.45) is 0 Å². The first-order valence-electron chi connectivity index (χ1n) is 5.65. The molecule has 6 heteroatoms. The van der Waals surface area contributed by atoms with Crippen LogP contribution in [0.5, 0.6) is 0 Å². The van der Waals surface area contributed by atoms with Gasteiger partial charge < -0.3 is 15.4 Å². The van der Waals surface area contributed by atoms with Crippen LogP contribution in [0.25, 0.3) is 0 Å². The van der Waals surface area contributed by atoms with E-state index in [0.29, 0.717) is 6.54 Å². The summed E-state index contributed by atoms with van der Waals surface area (Å²) in [5.74, 6) is 0. The van der Waals surface area contributed by atoms with Crippen LogP contribution >= 0.6 is 0 Å². The van der Waals surface area contributed by atoms with Crippen molar-refractivity contribution in [3.63, 3.8) is 0 Å². The van der Waals surface area contributed by atoms with E-state index in [9.17, 15) is 4.79 Å². The van der Waals surface area contributed by atoms with E-state index in [1.165, 1.54) is 4.68 Å². The summed E-state index contributed by atoms with van der Waals surface area (Å²) in [5.41, 5.74) is 0.620. The minimum atomic E-state index is -0.122. The number of methoxy groups -OCH3 is 1. The van der Waals surface area contributed by atoms with Crippen LogP contribution in [0.4, 0.5) is 5.69 Å². The van der Waals surface area contributed by atoms with Gasteiger partial charge in [0.15, 0.2) is 0 Å². The molecule has 0 aliphatic carbocycles. The zero-order chi connectivity index (χ0) is 12.7. The summed E-state index contributed by atoms with van der Waals surface area (Å²) in [6, 6.07) is 1.55. The van der Waals surface area contributed by atoms with Gasteiger partial charge in [-0.05, 0) is 14.0 Å². The van der Waals surface area contributed by atoms with E-state index in [-0.39, 0.29) is 11.7 Å². The second kappa shape index (κ2) is 7.03. The third kappa shape index (κ3) is 4.54. The van der Waals surface area contributed by atoms with Gasteiger partial charge in [-0.1, -0.05) is 0 Å². The fourth-order valence-electron chi connectivity index (χ4n) is 1.32. The average molecular weight is 240 g/mol. The zero-order valence-electron chi connectivity index (χ0n) is 10.6. The van der Waals surface area contributed by atoms with Crippen molar-refractivity contribution in [2.45, 2.75) is 19.6 Å². The lowest BCUT2D eigenvalue weighted by Gasteiger charge is -2.11. The highest BCUT2D eigenvalue weighted by Gasteiger charge is 2.04. The van der Waals surface area contributed by atoms with Gasteiger partial charge in [0.1, 0.15) is 0 Å². The summed E-state index contributed by atoms with van der Waals surface area (Å²) in [4.78, 5) is 11.7. The maximum Gasteiger partial charge on any atom is 0.268 e. The highest BCUT2D eigenvalue weighted by Crippen LogP contribution is 1.99. The van der Waals surface area contributed by atoms with Gasteiger partial charge in [0.2, 0.25) is 0 Å². The molecular formula is C11H20N4O2. The molecule has 0 amide bonds. The van der Waals surface area contributed by atoms with E-state index in [1.54, 1.807) is 19.4 Å². The molecule has 0 spiro atoms. The molecule has 0 saturated heterocycles. The second-order valence-electron chi connectivity index (χ2n) is 3.84. The maximum absolute atomic E-state index is 11.7. The normalized spacial score (nSPS) is 12.4. The van der Waals surface area contributed by atoms with Gasteiger partial charge in [-0.25, -0.2) is 4.68 Å². The largest absolute Gasteiger partial charge is 0.382 e. The van der Waals surface area contributed by atoms with E-state index in [4.69, 9.17) is 4.74 Å². The van der Waals surface area contributed by atoms with Crippen LogP contribution < -0.4 is 16.2 Å². The number of hydrogen-bond donors (Lipinski definition) is 2. The number of ether oxygens (including phenoxy) is 1. The smallest absolute Gasteiger partial charge is 0.268 e. The summed E-state index contributed by atoms with van der Waals surface area (Å²) in [6.45, 7) is 3.96. The lowest BCUT2D eigenvalue weighted by Crippen LogP contribution is -2.28. The zero-order valence-corrected chi connectivity index (χ0v) is 10.6. The Kier molecular flexibility index (Phi) is 5.65. The minimum Gasteiger partial charge on any atom is -0.382 e. The molecule has 0 aliphatic heterocycles. The highest BCUT2D eigenvalue weighted by molar-refractivity contribution is 5.38. The fraction of sp³-hybridized carbons (Fsp3) is 0.636. The Labute approximate surface area is 101 Å². The van der Waals surface area contributed by atoms with Crippen molar-refractivity contribution in [1.29, 1.82) is 0 Å². The standard InChI is InChI=1S/C11H20N4O2/c1-9(17-3)8-15-11(16)6-10(7-14-15)13-5-4-12-2/h6-7,9,12-13H,4-5,8H2,1-3H3. The molecule has 1 aromatic heterocycles. The molecule has 0 bridgehead atoms. The number of rotatable bonds is 7. The molecule has 0 saturated carbocycles. The lowest BCUT2D eigenvalue weighted by molar-refractivity contribution is 0.0984. The van der Waals surface area contributed by atoms with Crippen molar-refractivity contribution in [2.75, 3.05) is 32.6 Å². The topological polar surface area (TPSA) is 68.2 Å². The van der Waals surface area contributed by atoms with Crippen LogP contribution in [0, 0.1) is 0 Å². The average Bonchev–Trinajstić information content (AvgIpc) is 2.32. The molecule has 0 radical (unpaired) electrons. The van der Waals surface area contributed by atoms with Crippen molar-refractivity contribution in [3.05, 3.63) is 22.6 Å². The van der Waals surface area contributed by atoms with Crippen LogP contribution in [0.15, 0.2) is 17.1 Å². The molecule has 0 aliphatic rings. The summed E-state index contributed by atoms with van der Waals surface area (Å²) < 4.78 is 6.50. The third-order valence-electron chi connectivity index (χ3n) is 2.41. The van der Waals surface area contributed by atoms with Gasteiger partial charge in [0.25, 0.3) is 5.56 Å². The molecule has 0 fully saturated rings. The molecule has 1 heterocycles.